The van der Waals surface area contributed by atoms with Crippen molar-refractivity contribution in [3.8, 4) is 6.07 Å². The van der Waals surface area contributed by atoms with Crippen LogP contribution in [0.15, 0.2) is 24.3 Å². The number of carbonyl (C=O) groups is 1. The molecule has 0 saturated heterocycles. The van der Waals surface area contributed by atoms with Gasteiger partial charge in [-0.3, -0.25) is 4.79 Å². The number of rotatable bonds is 7. The SMILES string of the molecule is N#Cc1ccc(CNCCNC(=O)CC2CCCC2)cc1. The van der Waals surface area contributed by atoms with Gasteiger partial charge >= 0.3 is 0 Å². The first-order valence-electron chi connectivity index (χ1n) is 7.74. The topological polar surface area (TPSA) is 64.9 Å². The highest BCUT2D eigenvalue weighted by atomic mass is 16.1. The van der Waals surface area contributed by atoms with Gasteiger partial charge < -0.3 is 10.6 Å². The van der Waals surface area contributed by atoms with E-state index < -0.39 is 0 Å². The van der Waals surface area contributed by atoms with Gasteiger partial charge in [0.2, 0.25) is 5.91 Å². The zero-order valence-corrected chi connectivity index (χ0v) is 12.4. The molecule has 2 N–H and O–H groups in total. The normalized spacial score (nSPS) is 14.8. The van der Waals surface area contributed by atoms with Crippen molar-refractivity contribution < 1.29 is 4.79 Å². The lowest BCUT2D eigenvalue weighted by molar-refractivity contribution is -0.121. The van der Waals surface area contributed by atoms with Crippen molar-refractivity contribution in [2.45, 2.75) is 38.6 Å². The van der Waals surface area contributed by atoms with Gasteiger partial charge in [0.15, 0.2) is 0 Å². The van der Waals surface area contributed by atoms with E-state index in [4.69, 9.17) is 5.26 Å². The first-order chi connectivity index (χ1) is 10.3. The van der Waals surface area contributed by atoms with Gasteiger partial charge in [-0.05, 0) is 36.5 Å². The number of benzene rings is 1. The maximum Gasteiger partial charge on any atom is 0.220 e. The lowest BCUT2D eigenvalue weighted by Gasteiger charge is -2.10. The predicted molar refractivity (Wildman–Crippen MR) is 82.4 cm³/mol. The molecule has 0 atom stereocenters. The van der Waals surface area contributed by atoms with E-state index in [1.165, 1.54) is 25.7 Å². The van der Waals surface area contributed by atoms with Crippen molar-refractivity contribution >= 4 is 5.91 Å². The van der Waals surface area contributed by atoms with E-state index in [2.05, 4.69) is 16.7 Å². The summed E-state index contributed by atoms with van der Waals surface area (Å²) in [6.07, 6.45) is 5.68. The summed E-state index contributed by atoms with van der Waals surface area (Å²) in [4.78, 5) is 11.7. The molecule has 1 amide bonds. The minimum Gasteiger partial charge on any atom is -0.355 e. The van der Waals surface area contributed by atoms with Gasteiger partial charge in [0.05, 0.1) is 11.6 Å². The molecular formula is C17H23N3O. The van der Waals surface area contributed by atoms with Gasteiger partial charge in [-0.2, -0.15) is 5.26 Å². The number of amides is 1. The average Bonchev–Trinajstić information content (AvgIpc) is 3.00. The van der Waals surface area contributed by atoms with Crippen molar-refractivity contribution in [3.63, 3.8) is 0 Å². The summed E-state index contributed by atoms with van der Waals surface area (Å²) in [5.74, 6) is 0.790. The van der Waals surface area contributed by atoms with Crippen molar-refractivity contribution in [1.29, 1.82) is 5.26 Å². The molecule has 0 bridgehead atoms. The Kier molecular flexibility index (Phi) is 6.23. The zero-order chi connectivity index (χ0) is 14.9. The molecule has 1 aliphatic carbocycles. The Bertz CT molecular complexity index is 484. The molecule has 4 nitrogen and oxygen atoms in total. The van der Waals surface area contributed by atoms with E-state index in [9.17, 15) is 4.79 Å². The van der Waals surface area contributed by atoms with Gasteiger partial charge in [0.25, 0.3) is 0 Å². The first-order valence-corrected chi connectivity index (χ1v) is 7.74. The van der Waals surface area contributed by atoms with Crippen molar-refractivity contribution in [2.24, 2.45) is 5.92 Å². The van der Waals surface area contributed by atoms with Crippen LogP contribution >= 0.6 is 0 Å². The smallest absolute Gasteiger partial charge is 0.220 e. The van der Waals surface area contributed by atoms with Crippen molar-refractivity contribution in [2.75, 3.05) is 13.1 Å². The molecule has 0 unspecified atom stereocenters. The summed E-state index contributed by atoms with van der Waals surface area (Å²) < 4.78 is 0. The van der Waals surface area contributed by atoms with E-state index in [0.29, 0.717) is 24.4 Å². The van der Waals surface area contributed by atoms with Crippen LogP contribution in [0.1, 0.15) is 43.2 Å². The Hall–Kier alpha value is -1.86. The van der Waals surface area contributed by atoms with Crippen LogP contribution in [0.2, 0.25) is 0 Å². The number of hydrogen-bond acceptors (Lipinski definition) is 3. The number of carbonyl (C=O) groups excluding carboxylic acids is 1. The van der Waals surface area contributed by atoms with Crippen molar-refractivity contribution in [1.82, 2.24) is 10.6 Å². The molecule has 0 radical (unpaired) electrons. The molecule has 1 fully saturated rings. The van der Waals surface area contributed by atoms with E-state index in [1.807, 2.05) is 24.3 Å². The van der Waals surface area contributed by atoms with Gasteiger partial charge in [-0.1, -0.05) is 25.0 Å². The highest BCUT2D eigenvalue weighted by molar-refractivity contribution is 5.76. The highest BCUT2D eigenvalue weighted by Gasteiger charge is 2.17. The minimum absolute atomic E-state index is 0.182. The fourth-order valence-electron chi connectivity index (χ4n) is 2.77. The molecule has 0 aliphatic heterocycles. The summed E-state index contributed by atoms with van der Waals surface area (Å²) in [7, 11) is 0. The van der Waals surface area contributed by atoms with Crippen LogP contribution in [-0.4, -0.2) is 19.0 Å². The molecule has 1 aromatic carbocycles. The average molecular weight is 285 g/mol. The van der Waals surface area contributed by atoms with Crippen molar-refractivity contribution in [3.05, 3.63) is 35.4 Å². The maximum atomic E-state index is 11.7. The first kappa shape index (κ1) is 15.5. The molecule has 1 aromatic rings. The Morgan fingerprint density at radius 2 is 1.90 bits per heavy atom. The molecule has 0 aromatic heterocycles. The Morgan fingerprint density at radius 1 is 1.19 bits per heavy atom. The van der Waals surface area contributed by atoms with Crippen LogP contribution in [0.5, 0.6) is 0 Å². The lowest BCUT2D eigenvalue weighted by Crippen LogP contribution is -2.32. The third-order valence-corrected chi connectivity index (χ3v) is 3.98. The third-order valence-electron chi connectivity index (χ3n) is 3.98. The van der Waals surface area contributed by atoms with Crippen LogP contribution < -0.4 is 10.6 Å². The predicted octanol–water partition coefficient (Wildman–Crippen LogP) is 2.34. The van der Waals surface area contributed by atoms with E-state index >= 15 is 0 Å². The molecule has 2 rings (SSSR count). The molecule has 4 heteroatoms. The standard InChI is InChI=1S/C17H23N3O/c18-12-15-5-7-16(8-6-15)13-19-9-10-20-17(21)11-14-3-1-2-4-14/h5-8,14,19H,1-4,9-11,13H2,(H,20,21). The fraction of sp³-hybridized carbons (Fsp3) is 0.529. The molecule has 0 spiro atoms. The van der Waals surface area contributed by atoms with Crippen LogP contribution in [0, 0.1) is 17.2 Å². The summed E-state index contributed by atoms with van der Waals surface area (Å²) in [6, 6.07) is 9.64. The Labute approximate surface area is 126 Å². The van der Waals surface area contributed by atoms with Crippen LogP contribution in [0.3, 0.4) is 0 Å². The third kappa shape index (κ3) is 5.57. The van der Waals surface area contributed by atoms with Gasteiger partial charge in [0.1, 0.15) is 0 Å². The summed E-state index contributed by atoms with van der Waals surface area (Å²) >= 11 is 0. The summed E-state index contributed by atoms with van der Waals surface area (Å²) in [5, 5.41) is 15.0. The number of nitrogens with zero attached hydrogens (tertiary/aromatic N) is 1. The highest BCUT2D eigenvalue weighted by Crippen LogP contribution is 2.27. The molecule has 1 aliphatic rings. The molecular weight excluding hydrogens is 262 g/mol. The fourth-order valence-corrected chi connectivity index (χ4v) is 2.77. The largest absolute Gasteiger partial charge is 0.355 e. The van der Waals surface area contributed by atoms with E-state index in [0.717, 1.165) is 18.7 Å². The Morgan fingerprint density at radius 3 is 2.57 bits per heavy atom. The second-order valence-electron chi connectivity index (χ2n) is 5.69. The molecule has 21 heavy (non-hydrogen) atoms. The van der Waals surface area contributed by atoms with E-state index in [-0.39, 0.29) is 5.91 Å². The van der Waals surface area contributed by atoms with Gasteiger partial charge in [0, 0.05) is 26.1 Å². The molecule has 0 heterocycles. The van der Waals surface area contributed by atoms with E-state index in [1.54, 1.807) is 0 Å². The number of hydrogen-bond donors (Lipinski definition) is 2. The lowest BCUT2D eigenvalue weighted by atomic mass is 10.0. The molecule has 1 saturated carbocycles. The van der Waals surface area contributed by atoms with Crippen LogP contribution in [0.4, 0.5) is 0 Å². The summed E-state index contributed by atoms with van der Waals surface area (Å²) in [6.45, 7) is 2.18. The number of nitriles is 1. The van der Waals surface area contributed by atoms with Crippen LogP contribution in [-0.2, 0) is 11.3 Å². The summed E-state index contributed by atoms with van der Waals surface area (Å²) in [5.41, 5.74) is 1.82. The minimum atomic E-state index is 0.182. The van der Waals surface area contributed by atoms with Crippen LogP contribution in [0.25, 0.3) is 0 Å². The monoisotopic (exact) mass is 285 g/mol. The zero-order valence-electron chi connectivity index (χ0n) is 12.4. The maximum absolute atomic E-state index is 11.7. The van der Waals surface area contributed by atoms with Gasteiger partial charge in [-0.25, -0.2) is 0 Å². The molecule has 112 valence electrons. The second-order valence-corrected chi connectivity index (χ2v) is 5.69. The quantitative estimate of drug-likeness (QED) is 0.756. The number of nitrogens with one attached hydrogen (secondary N) is 2. The van der Waals surface area contributed by atoms with Gasteiger partial charge in [-0.15, -0.1) is 0 Å². The Balaban J connectivity index is 1.54. The second kappa shape index (κ2) is 8.43.